The van der Waals surface area contributed by atoms with Crippen LogP contribution in [0.5, 0.6) is 0 Å². The predicted octanol–water partition coefficient (Wildman–Crippen LogP) is 1.71. The summed E-state index contributed by atoms with van der Waals surface area (Å²) in [5.74, 6) is 1.58. The second-order valence-corrected chi connectivity index (χ2v) is 3.47. The van der Waals surface area contributed by atoms with Crippen LogP contribution in [0.1, 0.15) is 12.7 Å². The molecule has 16 heavy (non-hydrogen) atoms. The largest absolute Gasteiger partial charge is 0.373 e. The molecule has 0 saturated carbocycles. The monoisotopic (exact) mass is 217 g/mol. The summed E-state index contributed by atoms with van der Waals surface area (Å²) in [6.07, 6.45) is 1.79. The van der Waals surface area contributed by atoms with Gasteiger partial charge in [0.1, 0.15) is 11.6 Å². The SMILES string of the molecule is CCn1nccc1-c1cc(NC)nc(C)n1. The standard InChI is InChI=1S/C11H15N5/c1-4-16-10(5-6-13-16)9-7-11(12-3)15-8(2)14-9/h5-7H,4H2,1-3H3,(H,12,14,15). The molecule has 1 N–H and O–H groups in total. The van der Waals surface area contributed by atoms with Crippen LogP contribution in [-0.4, -0.2) is 26.8 Å². The Morgan fingerprint density at radius 1 is 1.38 bits per heavy atom. The summed E-state index contributed by atoms with van der Waals surface area (Å²) in [5, 5.41) is 7.26. The molecule has 0 bridgehead atoms. The van der Waals surface area contributed by atoms with Crippen molar-refractivity contribution in [1.82, 2.24) is 19.7 Å². The minimum Gasteiger partial charge on any atom is -0.373 e. The van der Waals surface area contributed by atoms with Crippen molar-refractivity contribution < 1.29 is 0 Å². The average Bonchev–Trinajstić information content (AvgIpc) is 2.76. The van der Waals surface area contributed by atoms with Gasteiger partial charge in [-0.15, -0.1) is 0 Å². The highest BCUT2D eigenvalue weighted by Crippen LogP contribution is 2.19. The van der Waals surface area contributed by atoms with Gasteiger partial charge in [-0.05, 0) is 19.9 Å². The van der Waals surface area contributed by atoms with Gasteiger partial charge in [-0.3, -0.25) is 4.68 Å². The van der Waals surface area contributed by atoms with Gasteiger partial charge in [0.15, 0.2) is 0 Å². The Bertz CT molecular complexity index is 489. The lowest BCUT2D eigenvalue weighted by Gasteiger charge is -2.07. The van der Waals surface area contributed by atoms with E-state index >= 15 is 0 Å². The van der Waals surface area contributed by atoms with Crippen molar-refractivity contribution in [3.05, 3.63) is 24.2 Å². The Labute approximate surface area is 94.5 Å². The number of nitrogens with zero attached hydrogens (tertiary/aromatic N) is 4. The third-order valence-corrected chi connectivity index (χ3v) is 2.37. The van der Waals surface area contributed by atoms with Crippen molar-refractivity contribution in [2.75, 3.05) is 12.4 Å². The molecule has 0 spiro atoms. The summed E-state index contributed by atoms with van der Waals surface area (Å²) in [7, 11) is 1.85. The zero-order valence-electron chi connectivity index (χ0n) is 9.73. The zero-order chi connectivity index (χ0) is 11.5. The van der Waals surface area contributed by atoms with Crippen molar-refractivity contribution >= 4 is 5.82 Å². The molecular formula is C11H15N5. The Kier molecular flexibility index (Phi) is 2.85. The van der Waals surface area contributed by atoms with Crippen LogP contribution in [0.3, 0.4) is 0 Å². The molecule has 0 saturated heterocycles. The molecule has 2 rings (SSSR count). The molecule has 2 aromatic heterocycles. The van der Waals surface area contributed by atoms with Gasteiger partial charge < -0.3 is 5.32 Å². The summed E-state index contributed by atoms with van der Waals surface area (Å²) in [6.45, 7) is 4.78. The number of aromatic nitrogens is 4. The van der Waals surface area contributed by atoms with E-state index in [2.05, 4.69) is 27.3 Å². The Morgan fingerprint density at radius 3 is 2.88 bits per heavy atom. The van der Waals surface area contributed by atoms with Crippen LogP contribution in [0.4, 0.5) is 5.82 Å². The summed E-state index contributed by atoms with van der Waals surface area (Å²) in [4.78, 5) is 8.69. The van der Waals surface area contributed by atoms with Crippen LogP contribution in [0.2, 0.25) is 0 Å². The summed E-state index contributed by atoms with van der Waals surface area (Å²) < 4.78 is 1.92. The van der Waals surface area contributed by atoms with Gasteiger partial charge in [-0.2, -0.15) is 5.10 Å². The lowest BCUT2D eigenvalue weighted by atomic mass is 10.3. The van der Waals surface area contributed by atoms with Crippen LogP contribution in [0, 0.1) is 6.92 Å². The molecule has 0 aliphatic rings. The number of nitrogens with one attached hydrogen (secondary N) is 1. The van der Waals surface area contributed by atoms with E-state index in [4.69, 9.17) is 0 Å². The third kappa shape index (κ3) is 1.88. The van der Waals surface area contributed by atoms with Crippen LogP contribution >= 0.6 is 0 Å². The fourth-order valence-corrected chi connectivity index (χ4v) is 1.63. The van der Waals surface area contributed by atoms with E-state index < -0.39 is 0 Å². The number of anilines is 1. The van der Waals surface area contributed by atoms with Crippen molar-refractivity contribution in [2.24, 2.45) is 0 Å². The third-order valence-electron chi connectivity index (χ3n) is 2.37. The fraction of sp³-hybridized carbons (Fsp3) is 0.364. The average molecular weight is 217 g/mol. The van der Waals surface area contributed by atoms with Crippen molar-refractivity contribution in [3.63, 3.8) is 0 Å². The number of hydrogen-bond donors (Lipinski definition) is 1. The molecule has 2 aromatic rings. The van der Waals surface area contributed by atoms with Gasteiger partial charge in [0.05, 0.1) is 11.4 Å². The van der Waals surface area contributed by atoms with Crippen LogP contribution in [-0.2, 0) is 6.54 Å². The van der Waals surface area contributed by atoms with Gasteiger partial charge in [0.25, 0.3) is 0 Å². The molecule has 0 fully saturated rings. The van der Waals surface area contributed by atoms with Gasteiger partial charge in [0, 0.05) is 25.9 Å². The summed E-state index contributed by atoms with van der Waals surface area (Å²) in [6, 6.07) is 3.89. The maximum absolute atomic E-state index is 4.42. The van der Waals surface area contributed by atoms with Gasteiger partial charge >= 0.3 is 0 Å². The number of aryl methyl sites for hydroxylation is 2. The lowest BCUT2D eigenvalue weighted by Crippen LogP contribution is -2.03. The smallest absolute Gasteiger partial charge is 0.130 e. The van der Waals surface area contributed by atoms with E-state index in [9.17, 15) is 0 Å². The highest BCUT2D eigenvalue weighted by atomic mass is 15.3. The predicted molar refractivity (Wildman–Crippen MR) is 63.2 cm³/mol. The van der Waals surface area contributed by atoms with Crippen molar-refractivity contribution in [3.8, 4) is 11.4 Å². The van der Waals surface area contributed by atoms with E-state index in [-0.39, 0.29) is 0 Å². The second kappa shape index (κ2) is 4.30. The molecule has 0 aromatic carbocycles. The van der Waals surface area contributed by atoms with Crippen LogP contribution in [0.25, 0.3) is 11.4 Å². The van der Waals surface area contributed by atoms with E-state index in [1.165, 1.54) is 0 Å². The number of hydrogen-bond acceptors (Lipinski definition) is 4. The molecule has 2 heterocycles. The molecule has 0 radical (unpaired) electrons. The minimum absolute atomic E-state index is 0.755. The molecule has 0 aliphatic carbocycles. The lowest BCUT2D eigenvalue weighted by molar-refractivity contribution is 0.665. The highest BCUT2D eigenvalue weighted by Gasteiger charge is 2.07. The molecule has 84 valence electrons. The first-order chi connectivity index (χ1) is 7.74. The second-order valence-electron chi connectivity index (χ2n) is 3.47. The molecular weight excluding hydrogens is 202 g/mol. The molecule has 5 heteroatoms. The van der Waals surface area contributed by atoms with Crippen LogP contribution < -0.4 is 5.32 Å². The van der Waals surface area contributed by atoms with Crippen molar-refractivity contribution in [2.45, 2.75) is 20.4 Å². The Balaban J connectivity index is 2.51. The summed E-state index contributed by atoms with van der Waals surface area (Å²) in [5.41, 5.74) is 1.92. The fourth-order valence-electron chi connectivity index (χ4n) is 1.63. The first kappa shape index (κ1) is 10.6. The Morgan fingerprint density at radius 2 is 2.19 bits per heavy atom. The minimum atomic E-state index is 0.755. The first-order valence-corrected chi connectivity index (χ1v) is 5.30. The first-order valence-electron chi connectivity index (χ1n) is 5.30. The topological polar surface area (TPSA) is 55.6 Å². The Hall–Kier alpha value is -1.91. The van der Waals surface area contributed by atoms with Gasteiger partial charge in [-0.25, -0.2) is 9.97 Å². The maximum atomic E-state index is 4.42. The van der Waals surface area contributed by atoms with Gasteiger partial charge in [-0.1, -0.05) is 0 Å². The maximum Gasteiger partial charge on any atom is 0.130 e. The van der Waals surface area contributed by atoms with Gasteiger partial charge in [0.2, 0.25) is 0 Å². The molecule has 0 atom stereocenters. The van der Waals surface area contributed by atoms with Crippen LogP contribution in [0.15, 0.2) is 18.3 Å². The zero-order valence-corrected chi connectivity index (χ0v) is 9.73. The molecule has 0 amide bonds. The van der Waals surface area contributed by atoms with E-state index in [0.29, 0.717) is 0 Å². The molecule has 0 unspecified atom stereocenters. The van der Waals surface area contributed by atoms with E-state index in [1.807, 2.05) is 30.8 Å². The van der Waals surface area contributed by atoms with E-state index in [1.54, 1.807) is 6.20 Å². The normalized spacial score (nSPS) is 10.4. The molecule has 5 nitrogen and oxygen atoms in total. The number of rotatable bonds is 3. The highest BCUT2D eigenvalue weighted by molar-refractivity contribution is 5.58. The molecule has 0 aliphatic heterocycles. The van der Waals surface area contributed by atoms with E-state index in [0.717, 1.165) is 29.6 Å². The van der Waals surface area contributed by atoms with Crippen molar-refractivity contribution in [1.29, 1.82) is 0 Å². The summed E-state index contributed by atoms with van der Waals surface area (Å²) >= 11 is 0. The quantitative estimate of drug-likeness (QED) is 0.850.